The quantitative estimate of drug-likeness (QED) is 0.712. The molecule has 1 fully saturated rings. The molecule has 0 radical (unpaired) electrons. The van der Waals surface area contributed by atoms with E-state index in [9.17, 15) is 4.79 Å². The highest BCUT2D eigenvalue weighted by Crippen LogP contribution is 2.21. The molecule has 2 heterocycles. The van der Waals surface area contributed by atoms with Crippen LogP contribution in [0.1, 0.15) is 26.7 Å². The summed E-state index contributed by atoms with van der Waals surface area (Å²) in [5, 5.41) is 10.3. The number of aromatic amines is 1. The molecule has 1 amide bonds. The van der Waals surface area contributed by atoms with Gasteiger partial charge in [0, 0.05) is 43.7 Å². The van der Waals surface area contributed by atoms with Crippen molar-refractivity contribution in [3.63, 3.8) is 0 Å². The lowest BCUT2D eigenvalue weighted by atomic mass is 10.2. The Morgan fingerprint density at radius 3 is 2.78 bits per heavy atom. The Balaban J connectivity index is 1.60. The van der Waals surface area contributed by atoms with Gasteiger partial charge >= 0.3 is 0 Å². The van der Waals surface area contributed by atoms with Crippen molar-refractivity contribution in [3.05, 3.63) is 29.0 Å². The normalized spacial score (nSPS) is 17.4. The first kappa shape index (κ1) is 19.6. The van der Waals surface area contributed by atoms with Gasteiger partial charge in [-0.3, -0.25) is 19.4 Å². The molecule has 2 aromatic rings. The van der Waals surface area contributed by atoms with Gasteiger partial charge in [-0.2, -0.15) is 5.10 Å². The maximum Gasteiger partial charge on any atom is 0.222 e. The molecule has 1 aromatic carbocycles. The van der Waals surface area contributed by atoms with Crippen LogP contribution in [0.25, 0.3) is 11.4 Å². The van der Waals surface area contributed by atoms with Crippen LogP contribution in [0, 0.1) is 4.77 Å². The summed E-state index contributed by atoms with van der Waals surface area (Å²) in [6, 6.07) is 8.37. The molecule has 3 rings (SSSR count). The first-order valence-corrected chi connectivity index (χ1v) is 9.71. The molecule has 0 saturated carbocycles. The van der Waals surface area contributed by atoms with Crippen molar-refractivity contribution in [1.82, 2.24) is 25.0 Å². The highest BCUT2D eigenvalue weighted by Gasteiger charge is 2.25. The van der Waals surface area contributed by atoms with Gasteiger partial charge in [0.1, 0.15) is 5.75 Å². The zero-order valence-corrected chi connectivity index (χ0v) is 16.9. The van der Waals surface area contributed by atoms with E-state index in [4.69, 9.17) is 17.0 Å². The second kappa shape index (κ2) is 8.67. The fourth-order valence-corrected chi connectivity index (χ4v) is 3.60. The SMILES string of the molecule is COc1ccc(-c2n[nH]c(=S)n2CCC(=O)NC2CCN(C(C)C)C2)cc1. The van der Waals surface area contributed by atoms with Crippen LogP contribution in [-0.2, 0) is 11.3 Å². The topological polar surface area (TPSA) is 75.2 Å². The highest BCUT2D eigenvalue weighted by molar-refractivity contribution is 7.71. The van der Waals surface area contributed by atoms with Crippen LogP contribution in [0.3, 0.4) is 0 Å². The van der Waals surface area contributed by atoms with Crippen molar-refractivity contribution in [2.75, 3.05) is 20.2 Å². The Hall–Kier alpha value is -2.19. The number of carbonyl (C=O) groups excluding carboxylic acids is 1. The third kappa shape index (κ3) is 4.75. The molecular weight excluding hydrogens is 362 g/mol. The van der Waals surface area contributed by atoms with Crippen molar-refractivity contribution in [3.8, 4) is 17.1 Å². The minimum atomic E-state index is 0.0504. The molecule has 0 spiro atoms. The van der Waals surface area contributed by atoms with Crippen LogP contribution in [-0.4, -0.2) is 57.9 Å². The van der Waals surface area contributed by atoms with E-state index in [1.54, 1.807) is 7.11 Å². The predicted molar refractivity (Wildman–Crippen MR) is 107 cm³/mol. The van der Waals surface area contributed by atoms with Crippen LogP contribution in [0.2, 0.25) is 0 Å². The number of ether oxygens (including phenoxy) is 1. The molecule has 27 heavy (non-hydrogen) atoms. The van der Waals surface area contributed by atoms with Crippen molar-refractivity contribution in [2.45, 2.75) is 45.3 Å². The monoisotopic (exact) mass is 389 g/mol. The highest BCUT2D eigenvalue weighted by atomic mass is 32.1. The first-order valence-electron chi connectivity index (χ1n) is 9.31. The number of likely N-dealkylation sites (tertiary alicyclic amines) is 1. The molecule has 1 saturated heterocycles. The third-order valence-corrected chi connectivity index (χ3v) is 5.30. The molecule has 8 heteroatoms. The molecule has 1 aromatic heterocycles. The molecule has 1 atom stereocenters. The second-order valence-corrected chi connectivity index (χ2v) is 7.51. The number of nitrogens with one attached hydrogen (secondary N) is 2. The Kier molecular flexibility index (Phi) is 6.28. The predicted octanol–water partition coefficient (Wildman–Crippen LogP) is 2.61. The largest absolute Gasteiger partial charge is 0.497 e. The van der Waals surface area contributed by atoms with Gasteiger partial charge in [0.15, 0.2) is 10.6 Å². The zero-order chi connectivity index (χ0) is 19.4. The van der Waals surface area contributed by atoms with Crippen molar-refractivity contribution in [1.29, 1.82) is 0 Å². The summed E-state index contributed by atoms with van der Waals surface area (Å²) in [6.07, 6.45) is 1.38. The van der Waals surface area contributed by atoms with Crippen molar-refractivity contribution in [2.24, 2.45) is 0 Å². The number of nitrogens with zero attached hydrogens (tertiary/aromatic N) is 3. The van der Waals surface area contributed by atoms with Crippen LogP contribution in [0.15, 0.2) is 24.3 Å². The second-order valence-electron chi connectivity index (χ2n) is 7.12. The summed E-state index contributed by atoms with van der Waals surface area (Å²) in [6.45, 7) is 6.82. The minimum absolute atomic E-state index is 0.0504. The summed E-state index contributed by atoms with van der Waals surface area (Å²) >= 11 is 5.34. The third-order valence-electron chi connectivity index (χ3n) is 4.98. The van der Waals surface area contributed by atoms with E-state index < -0.39 is 0 Å². The average molecular weight is 390 g/mol. The van der Waals surface area contributed by atoms with Gasteiger partial charge in [-0.05, 0) is 56.8 Å². The van der Waals surface area contributed by atoms with Crippen LogP contribution < -0.4 is 10.1 Å². The fourth-order valence-electron chi connectivity index (χ4n) is 3.37. The first-order chi connectivity index (χ1) is 13.0. The van der Waals surface area contributed by atoms with E-state index in [-0.39, 0.29) is 11.9 Å². The molecule has 2 N–H and O–H groups in total. The lowest BCUT2D eigenvalue weighted by molar-refractivity contribution is -0.121. The van der Waals surface area contributed by atoms with Gasteiger partial charge in [0.25, 0.3) is 0 Å². The molecular formula is C19H27N5O2S. The lowest BCUT2D eigenvalue weighted by Gasteiger charge is -2.20. The number of methoxy groups -OCH3 is 1. The van der Waals surface area contributed by atoms with Crippen LogP contribution in [0.5, 0.6) is 5.75 Å². The van der Waals surface area contributed by atoms with Gasteiger partial charge in [0.2, 0.25) is 5.91 Å². The Labute approximate surface area is 164 Å². The molecule has 146 valence electrons. The number of carbonyl (C=O) groups is 1. The summed E-state index contributed by atoms with van der Waals surface area (Å²) < 4.78 is 7.57. The Bertz CT molecular complexity index is 827. The van der Waals surface area contributed by atoms with Crippen molar-refractivity contribution < 1.29 is 9.53 Å². The summed E-state index contributed by atoms with van der Waals surface area (Å²) in [4.78, 5) is 14.8. The van der Waals surface area contributed by atoms with Gasteiger partial charge in [0.05, 0.1) is 7.11 Å². The lowest BCUT2D eigenvalue weighted by Crippen LogP contribution is -2.38. The zero-order valence-electron chi connectivity index (χ0n) is 16.1. The number of hydrogen-bond donors (Lipinski definition) is 2. The number of amides is 1. The number of rotatable bonds is 7. The Morgan fingerprint density at radius 2 is 2.15 bits per heavy atom. The minimum Gasteiger partial charge on any atom is -0.497 e. The summed E-state index contributed by atoms with van der Waals surface area (Å²) in [5.74, 6) is 1.56. The Morgan fingerprint density at radius 1 is 1.41 bits per heavy atom. The van der Waals surface area contributed by atoms with Gasteiger partial charge in [-0.1, -0.05) is 0 Å². The number of hydrogen-bond acceptors (Lipinski definition) is 5. The van der Waals surface area contributed by atoms with E-state index in [2.05, 4.69) is 34.3 Å². The van der Waals surface area contributed by atoms with Gasteiger partial charge in [-0.15, -0.1) is 0 Å². The number of benzene rings is 1. The van der Waals surface area contributed by atoms with E-state index in [0.29, 0.717) is 23.8 Å². The molecule has 7 nitrogen and oxygen atoms in total. The molecule has 1 aliphatic rings. The molecule has 0 aliphatic carbocycles. The van der Waals surface area contributed by atoms with E-state index in [1.165, 1.54) is 0 Å². The smallest absolute Gasteiger partial charge is 0.222 e. The molecule has 1 unspecified atom stereocenters. The van der Waals surface area contributed by atoms with Crippen LogP contribution >= 0.6 is 12.2 Å². The summed E-state index contributed by atoms with van der Waals surface area (Å²) in [5.41, 5.74) is 0.923. The number of aromatic nitrogens is 3. The van der Waals surface area contributed by atoms with Gasteiger partial charge < -0.3 is 10.1 Å². The molecule has 0 bridgehead atoms. The fraction of sp³-hybridized carbons (Fsp3) is 0.526. The van der Waals surface area contributed by atoms with Gasteiger partial charge in [-0.25, -0.2) is 0 Å². The van der Waals surface area contributed by atoms with E-state index in [0.717, 1.165) is 36.6 Å². The number of H-pyrrole nitrogens is 1. The standard InChI is InChI=1S/C19H27N5O2S/c1-13(2)23-10-8-15(12-23)20-17(25)9-11-24-18(21-22-19(24)27)14-4-6-16(26-3)7-5-14/h4-7,13,15H,8-12H2,1-3H3,(H,20,25)(H,22,27). The maximum atomic E-state index is 12.4. The van der Waals surface area contributed by atoms with E-state index in [1.807, 2.05) is 28.8 Å². The van der Waals surface area contributed by atoms with E-state index >= 15 is 0 Å². The molecule has 1 aliphatic heterocycles. The van der Waals surface area contributed by atoms with Crippen molar-refractivity contribution >= 4 is 18.1 Å². The average Bonchev–Trinajstić information content (AvgIpc) is 3.27. The maximum absolute atomic E-state index is 12.4. The summed E-state index contributed by atoms with van der Waals surface area (Å²) in [7, 11) is 1.63. The van der Waals surface area contributed by atoms with Crippen LogP contribution in [0.4, 0.5) is 0 Å².